The first-order valence-corrected chi connectivity index (χ1v) is 7.89. The molecule has 3 rings (SSSR count). The largest absolute Gasteiger partial charge is 0.497 e. The van der Waals surface area contributed by atoms with E-state index in [1.54, 1.807) is 19.2 Å². The monoisotopic (exact) mass is 337 g/mol. The van der Waals surface area contributed by atoms with Gasteiger partial charge in [0.2, 0.25) is 5.89 Å². The number of amides is 1. The van der Waals surface area contributed by atoms with Gasteiger partial charge in [-0.15, -0.1) is 0 Å². The van der Waals surface area contributed by atoms with E-state index in [1.807, 2.05) is 36.4 Å². The Balaban J connectivity index is 1.57. The van der Waals surface area contributed by atoms with E-state index in [-0.39, 0.29) is 11.6 Å². The number of para-hydroxylation sites is 1. The van der Waals surface area contributed by atoms with Crippen molar-refractivity contribution in [1.29, 1.82) is 0 Å². The molecule has 6 heteroatoms. The first-order valence-electron chi connectivity index (χ1n) is 7.89. The molecular weight excluding hydrogens is 318 g/mol. The number of nitrogen functional groups attached to an aromatic ring is 1. The van der Waals surface area contributed by atoms with Gasteiger partial charge in [0.1, 0.15) is 12.0 Å². The van der Waals surface area contributed by atoms with Gasteiger partial charge in [-0.2, -0.15) is 0 Å². The second-order valence-electron chi connectivity index (χ2n) is 5.48. The lowest BCUT2D eigenvalue weighted by Crippen LogP contribution is -2.25. The lowest BCUT2D eigenvalue weighted by Gasteiger charge is -2.04. The van der Waals surface area contributed by atoms with Crippen molar-refractivity contribution in [2.45, 2.75) is 6.42 Å². The summed E-state index contributed by atoms with van der Waals surface area (Å²) in [5.74, 6) is 0.861. The number of nitrogens with one attached hydrogen (secondary N) is 1. The Morgan fingerprint density at radius 2 is 1.96 bits per heavy atom. The summed E-state index contributed by atoms with van der Waals surface area (Å²) in [6.07, 6.45) is 2.05. The molecule has 3 aromatic rings. The number of carbonyl (C=O) groups excluding carboxylic acids is 1. The van der Waals surface area contributed by atoms with Crippen LogP contribution in [0.2, 0.25) is 0 Å². The Bertz CT molecular complexity index is 856. The van der Waals surface area contributed by atoms with Crippen molar-refractivity contribution in [2.75, 3.05) is 19.4 Å². The van der Waals surface area contributed by atoms with Crippen LogP contribution in [0.4, 0.5) is 5.69 Å². The van der Waals surface area contributed by atoms with Gasteiger partial charge in [0, 0.05) is 12.2 Å². The van der Waals surface area contributed by atoms with Crippen LogP contribution in [-0.2, 0) is 6.42 Å². The normalized spacial score (nSPS) is 10.4. The van der Waals surface area contributed by atoms with E-state index < -0.39 is 0 Å². The maximum atomic E-state index is 12.2. The van der Waals surface area contributed by atoms with Crippen LogP contribution in [0.15, 0.2) is 59.2 Å². The summed E-state index contributed by atoms with van der Waals surface area (Å²) >= 11 is 0. The molecule has 2 aromatic carbocycles. The Kier molecular flexibility index (Phi) is 4.99. The average Bonchev–Trinajstić information content (AvgIpc) is 3.12. The second kappa shape index (κ2) is 7.53. The molecule has 1 amide bonds. The van der Waals surface area contributed by atoms with Gasteiger partial charge in [0.05, 0.1) is 12.7 Å². The zero-order valence-electron chi connectivity index (χ0n) is 13.9. The molecule has 6 nitrogen and oxygen atoms in total. The molecule has 128 valence electrons. The number of anilines is 1. The fraction of sp³-hybridized carbons (Fsp3) is 0.158. The van der Waals surface area contributed by atoms with Crippen LogP contribution in [-0.4, -0.2) is 24.5 Å². The van der Waals surface area contributed by atoms with Gasteiger partial charge in [-0.05, 0) is 36.2 Å². The van der Waals surface area contributed by atoms with Gasteiger partial charge < -0.3 is 20.2 Å². The van der Waals surface area contributed by atoms with Gasteiger partial charge in [0.15, 0.2) is 5.69 Å². The summed E-state index contributed by atoms with van der Waals surface area (Å²) in [5, 5.41) is 2.83. The number of oxazole rings is 1. The summed E-state index contributed by atoms with van der Waals surface area (Å²) in [6, 6.07) is 14.9. The molecule has 0 unspecified atom stereocenters. The molecule has 0 aliphatic carbocycles. The van der Waals surface area contributed by atoms with E-state index in [1.165, 1.54) is 6.26 Å². The van der Waals surface area contributed by atoms with E-state index in [2.05, 4.69) is 10.3 Å². The van der Waals surface area contributed by atoms with Crippen molar-refractivity contribution in [3.63, 3.8) is 0 Å². The number of ether oxygens (including phenoxy) is 1. The zero-order chi connectivity index (χ0) is 17.6. The van der Waals surface area contributed by atoms with Crippen LogP contribution in [0.5, 0.6) is 5.75 Å². The number of nitrogens with zero attached hydrogens (tertiary/aromatic N) is 1. The third-order valence-corrected chi connectivity index (χ3v) is 3.79. The minimum absolute atomic E-state index is 0.230. The predicted octanol–water partition coefficient (Wildman–Crippen LogP) is 2.90. The number of benzene rings is 2. The number of hydrogen-bond acceptors (Lipinski definition) is 5. The molecule has 0 saturated heterocycles. The number of hydrogen-bond donors (Lipinski definition) is 2. The molecule has 0 radical (unpaired) electrons. The van der Waals surface area contributed by atoms with Crippen molar-refractivity contribution < 1.29 is 13.9 Å². The third-order valence-electron chi connectivity index (χ3n) is 3.79. The lowest BCUT2D eigenvalue weighted by atomic mass is 10.1. The highest BCUT2D eigenvalue weighted by molar-refractivity contribution is 5.92. The lowest BCUT2D eigenvalue weighted by molar-refractivity contribution is 0.0949. The van der Waals surface area contributed by atoms with Gasteiger partial charge >= 0.3 is 0 Å². The first-order chi connectivity index (χ1) is 12.2. The quantitative estimate of drug-likeness (QED) is 0.675. The molecule has 0 aliphatic heterocycles. The minimum Gasteiger partial charge on any atom is -0.497 e. The molecule has 0 aliphatic rings. The molecule has 0 saturated carbocycles. The van der Waals surface area contributed by atoms with Crippen LogP contribution in [0, 0.1) is 0 Å². The van der Waals surface area contributed by atoms with E-state index >= 15 is 0 Å². The third kappa shape index (κ3) is 3.98. The topological polar surface area (TPSA) is 90.4 Å². The highest BCUT2D eigenvalue weighted by Gasteiger charge is 2.14. The molecular formula is C19H19N3O3. The van der Waals surface area contributed by atoms with Gasteiger partial charge in [-0.1, -0.05) is 24.3 Å². The maximum Gasteiger partial charge on any atom is 0.273 e. The van der Waals surface area contributed by atoms with Crippen LogP contribution < -0.4 is 15.8 Å². The highest BCUT2D eigenvalue weighted by atomic mass is 16.5. The maximum absolute atomic E-state index is 12.2. The fourth-order valence-corrected chi connectivity index (χ4v) is 2.40. The molecule has 0 bridgehead atoms. The standard InChI is InChI=1S/C19H19N3O3/c1-24-14-8-6-13(7-9-14)10-11-21-18(23)17-12-25-19(22-17)15-4-2-3-5-16(15)20/h2-9,12H,10-11,20H2,1H3,(H,21,23). The Hall–Kier alpha value is -3.28. The number of nitrogens with two attached hydrogens (primary N) is 1. The van der Waals surface area contributed by atoms with Gasteiger partial charge in [-0.3, -0.25) is 4.79 Å². The summed E-state index contributed by atoms with van der Waals surface area (Å²) in [7, 11) is 1.63. The zero-order valence-corrected chi connectivity index (χ0v) is 13.9. The van der Waals surface area contributed by atoms with E-state index in [9.17, 15) is 4.79 Å². The van der Waals surface area contributed by atoms with Crippen LogP contribution in [0.1, 0.15) is 16.1 Å². The summed E-state index contributed by atoms with van der Waals surface area (Å²) in [6.45, 7) is 0.501. The minimum atomic E-state index is -0.280. The van der Waals surface area contributed by atoms with Crippen molar-refractivity contribution in [3.8, 4) is 17.2 Å². The molecule has 0 fully saturated rings. The SMILES string of the molecule is COc1ccc(CCNC(=O)c2coc(-c3ccccc3N)n2)cc1. The van der Waals surface area contributed by atoms with Crippen molar-refractivity contribution in [1.82, 2.24) is 10.3 Å². The van der Waals surface area contributed by atoms with Crippen LogP contribution in [0.3, 0.4) is 0 Å². The Morgan fingerprint density at radius 3 is 2.68 bits per heavy atom. The smallest absolute Gasteiger partial charge is 0.273 e. The average molecular weight is 337 g/mol. The molecule has 0 atom stereocenters. The molecule has 1 heterocycles. The van der Waals surface area contributed by atoms with Crippen molar-refractivity contribution in [2.24, 2.45) is 0 Å². The number of methoxy groups -OCH3 is 1. The summed E-state index contributed by atoms with van der Waals surface area (Å²) in [5.41, 5.74) is 8.45. The second-order valence-corrected chi connectivity index (χ2v) is 5.48. The molecule has 0 spiro atoms. The Labute approximate surface area is 145 Å². The summed E-state index contributed by atoms with van der Waals surface area (Å²) < 4.78 is 10.5. The van der Waals surface area contributed by atoms with Crippen LogP contribution in [0.25, 0.3) is 11.5 Å². The molecule has 25 heavy (non-hydrogen) atoms. The van der Waals surface area contributed by atoms with E-state index in [0.29, 0.717) is 30.1 Å². The highest BCUT2D eigenvalue weighted by Crippen LogP contribution is 2.24. The number of rotatable bonds is 6. The van der Waals surface area contributed by atoms with Crippen molar-refractivity contribution >= 4 is 11.6 Å². The number of carbonyl (C=O) groups is 1. The van der Waals surface area contributed by atoms with E-state index in [4.69, 9.17) is 14.9 Å². The first kappa shape index (κ1) is 16.6. The van der Waals surface area contributed by atoms with E-state index in [0.717, 1.165) is 11.3 Å². The molecule has 3 N–H and O–H groups in total. The Morgan fingerprint density at radius 1 is 1.20 bits per heavy atom. The summed E-state index contributed by atoms with van der Waals surface area (Å²) in [4.78, 5) is 16.4. The fourth-order valence-electron chi connectivity index (χ4n) is 2.40. The van der Waals surface area contributed by atoms with Gasteiger partial charge in [0.25, 0.3) is 5.91 Å². The predicted molar refractivity (Wildman–Crippen MR) is 95.4 cm³/mol. The molecule has 1 aromatic heterocycles. The van der Waals surface area contributed by atoms with Gasteiger partial charge in [-0.25, -0.2) is 4.98 Å². The number of aromatic nitrogens is 1. The van der Waals surface area contributed by atoms with Crippen LogP contribution >= 0.6 is 0 Å². The van der Waals surface area contributed by atoms with Crippen molar-refractivity contribution in [3.05, 3.63) is 66.1 Å².